The lowest BCUT2D eigenvalue weighted by atomic mass is 9.61. The van der Waals surface area contributed by atoms with Gasteiger partial charge in [-0.1, -0.05) is 96.6 Å². The summed E-state index contributed by atoms with van der Waals surface area (Å²) < 4.78 is 36.3. The van der Waals surface area contributed by atoms with Crippen LogP contribution in [0.5, 0.6) is 5.75 Å². The Hall–Kier alpha value is -5.07. The van der Waals surface area contributed by atoms with Gasteiger partial charge in [-0.15, -0.1) is 0 Å². The molecular weight excluding hydrogens is 577 g/mol. The molecule has 2 heterocycles. The van der Waals surface area contributed by atoms with Crippen molar-refractivity contribution in [2.24, 2.45) is 0 Å². The van der Waals surface area contributed by atoms with Crippen molar-refractivity contribution in [3.63, 3.8) is 0 Å². The summed E-state index contributed by atoms with van der Waals surface area (Å²) in [6.07, 6.45) is 4.19. The third-order valence-electron chi connectivity index (χ3n) is 9.34. The molecule has 6 heteroatoms. The highest BCUT2D eigenvalue weighted by Gasteiger charge is 2.51. The van der Waals surface area contributed by atoms with Crippen LogP contribution in [-0.4, -0.2) is 20.4 Å². The Morgan fingerprint density at radius 1 is 0.644 bits per heavy atom. The number of hydrogen-bond donors (Lipinski definition) is 0. The van der Waals surface area contributed by atoms with Crippen molar-refractivity contribution in [2.75, 3.05) is 11.4 Å². The first-order valence-corrected chi connectivity index (χ1v) is 16.6. The maximum atomic E-state index is 14.6. The molecule has 0 spiro atoms. The van der Waals surface area contributed by atoms with Crippen molar-refractivity contribution in [2.45, 2.75) is 29.7 Å². The van der Waals surface area contributed by atoms with Crippen LogP contribution in [0.25, 0.3) is 11.4 Å². The van der Waals surface area contributed by atoms with Crippen LogP contribution in [0, 0.1) is 6.92 Å². The monoisotopic (exact) mass is 608 g/mol. The first-order valence-electron chi connectivity index (χ1n) is 15.2. The number of rotatable bonds is 5. The van der Waals surface area contributed by atoms with Gasteiger partial charge in [-0.05, 0) is 71.6 Å². The summed E-state index contributed by atoms with van der Waals surface area (Å²) in [5.41, 5.74) is 9.10. The number of para-hydroxylation sites is 1. The van der Waals surface area contributed by atoms with Crippen molar-refractivity contribution in [1.29, 1.82) is 0 Å². The first kappa shape index (κ1) is 27.5. The summed E-state index contributed by atoms with van der Waals surface area (Å²) in [7, 11) is -2.33. The van der Waals surface area contributed by atoms with Gasteiger partial charge in [0, 0.05) is 29.3 Å². The van der Waals surface area contributed by atoms with E-state index in [0.29, 0.717) is 5.69 Å². The predicted octanol–water partition coefficient (Wildman–Crippen LogP) is 8.49. The molecule has 0 saturated carbocycles. The van der Waals surface area contributed by atoms with Gasteiger partial charge in [-0.2, -0.15) is 0 Å². The molecule has 1 aliphatic carbocycles. The summed E-state index contributed by atoms with van der Waals surface area (Å²) in [5, 5.41) is 0. The summed E-state index contributed by atoms with van der Waals surface area (Å²) in [6, 6.07) is 41.9. The topological polar surface area (TPSA) is 49.9 Å². The van der Waals surface area contributed by atoms with E-state index in [-0.39, 0.29) is 22.8 Å². The van der Waals surface area contributed by atoms with Crippen LogP contribution in [-0.2, 0) is 10.0 Å². The summed E-state index contributed by atoms with van der Waals surface area (Å²) in [5.74, 6) is 1.07. The SMILES string of the molecule is COc1ccc(C2=CN(S(=O)(=O)c3ccc(C)cc3)c3ccccc3C3C4c5ccccc5C4C=C(c4ccccc4)N23)cc1. The molecule has 45 heavy (non-hydrogen) atoms. The molecule has 2 aliphatic heterocycles. The fourth-order valence-electron chi connectivity index (χ4n) is 7.17. The highest BCUT2D eigenvalue weighted by molar-refractivity contribution is 7.93. The molecule has 8 rings (SSSR count). The second kappa shape index (κ2) is 10.5. The van der Waals surface area contributed by atoms with E-state index in [1.54, 1.807) is 19.2 Å². The second-order valence-corrected chi connectivity index (χ2v) is 13.6. The lowest BCUT2D eigenvalue weighted by molar-refractivity contribution is 0.286. The van der Waals surface area contributed by atoms with Gasteiger partial charge in [0.1, 0.15) is 5.75 Å². The zero-order valence-corrected chi connectivity index (χ0v) is 25.9. The summed E-state index contributed by atoms with van der Waals surface area (Å²) in [4.78, 5) is 2.62. The molecule has 0 bridgehead atoms. The molecule has 3 aliphatic rings. The fraction of sp³-hybridized carbons (Fsp3) is 0.128. The maximum absolute atomic E-state index is 14.6. The largest absolute Gasteiger partial charge is 0.497 e. The lowest BCUT2D eigenvalue weighted by Gasteiger charge is -2.52. The van der Waals surface area contributed by atoms with Crippen LogP contribution < -0.4 is 9.04 Å². The number of sulfonamides is 1. The normalized spacial score (nSPS) is 19.9. The van der Waals surface area contributed by atoms with Crippen molar-refractivity contribution in [3.05, 3.63) is 173 Å². The Balaban J connectivity index is 1.44. The van der Waals surface area contributed by atoms with Crippen LogP contribution in [0.3, 0.4) is 0 Å². The highest BCUT2D eigenvalue weighted by Crippen LogP contribution is 2.63. The van der Waals surface area contributed by atoms with E-state index >= 15 is 0 Å². The number of methoxy groups -OCH3 is 1. The minimum Gasteiger partial charge on any atom is -0.497 e. The number of ether oxygens (including phenoxy) is 1. The molecule has 222 valence electrons. The highest BCUT2D eigenvalue weighted by atomic mass is 32.2. The van der Waals surface area contributed by atoms with Gasteiger partial charge in [-0.25, -0.2) is 12.7 Å². The molecule has 3 atom stereocenters. The van der Waals surface area contributed by atoms with Gasteiger partial charge in [0.15, 0.2) is 0 Å². The third kappa shape index (κ3) is 4.31. The molecule has 0 radical (unpaired) electrons. The molecule has 0 N–H and O–H groups in total. The number of aryl methyl sites for hydroxylation is 1. The molecule has 3 unspecified atom stereocenters. The van der Waals surface area contributed by atoms with Crippen LogP contribution in [0.2, 0.25) is 0 Å². The molecule has 5 aromatic rings. The van der Waals surface area contributed by atoms with Crippen molar-refractivity contribution < 1.29 is 13.2 Å². The van der Waals surface area contributed by atoms with Crippen molar-refractivity contribution >= 4 is 27.1 Å². The Morgan fingerprint density at radius 3 is 1.98 bits per heavy atom. The molecule has 0 saturated heterocycles. The Bertz CT molecular complexity index is 2090. The molecular formula is C39H32N2O3S. The third-order valence-corrected chi connectivity index (χ3v) is 11.0. The van der Waals surface area contributed by atoms with Crippen LogP contribution >= 0.6 is 0 Å². The summed E-state index contributed by atoms with van der Waals surface area (Å²) in [6.45, 7) is 1.96. The van der Waals surface area contributed by atoms with E-state index < -0.39 is 10.0 Å². The number of benzene rings is 5. The average Bonchev–Trinajstić information content (AvgIpc) is 3.22. The van der Waals surface area contributed by atoms with E-state index in [0.717, 1.165) is 39.4 Å². The van der Waals surface area contributed by atoms with Crippen molar-refractivity contribution in [1.82, 2.24) is 4.90 Å². The zero-order valence-electron chi connectivity index (χ0n) is 25.0. The standard InChI is InChI=1S/C39H32N2O3S/c1-26-16-22-30(23-17-26)45(42,43)40-25-37(28-18-20-29(44-2)21-19-28)41-36(27-10-4-3-5-11-27)24-34-31-12-6-7-13-32(31)38(34)39(41)33-14-8-9-15-35(33)40/h3-25,34,38-39H,1-2H3. The van der Waals surface area contributed by atoms with Gasteiger partial charge < -0.3 is 9.64 Å². The van der Waals surface area contributed by atoms with Gasteiger partial charge in [0.05, 0.1) is 29.4 Å². The average molecular weight is 609 g/mol. The number of anilines is 1. The Labute approximate surface area is 264 Å². The number of allylic oxidation sites excluding steroid dienone is 1. The van der Waals surface area contributed by atoms with Crippen LogP contribution in [0.4, 0.5) is 5.69 Å². The number of fused-ring (bicyclic) bond motifs is 8. The Kier molecular flexibility index (Phi) is 6.43. The summed E-state index contributed by atoms with van der Waals surface area (Å²) >= 11 is 0. The maximum Gasteiger partial charge on any atom is 0.268 e. The number of hydrogen-bond acceptors (Lipinski definition) is 4. The molecule has 0 amide bonds. The molecule has 0 fully saturated rings. The van der Waals surface area contributed by atoms with E-state index in [2.05, 4.69) is 65.6 Å². The molecule has 5 nitrogen and oxygen atoms in total. The van der Waals surface area contributed by atoms with Gasteiger partial charge in [0.2, 0.25) is 0 Å². The Morgan fingerprint density at radius 2 is 1.27 bits per heavy atom. The van der Waals surface area contributed by atoms with E-state index in [4.69, 9.17) is 4.74 Å². The smallest absolute Gasteiger partial charge is 0.268 e. The first-order chi connectivity index (χ1) is 22.0. The van der Waals surface area contributed by atoms with Gasteiger partial charge in [-0.3, -0.25) is 0 Å². The van der Waals surface area contributed by atoms with Gasteiger partial charge >= 0.3 is 0 Å². The predicted molar refractivity (Wildman–Crippen MR) is 179 cm³/mol. The minimum atomic E-state index is -3.98. The second-order valence-electron chi connectivity index (χ2n) is 11.8. The van der Waals surface area contributed by atoms with E-state index in [1.807, 2.05) is 73.8 Å². The fourth-order valence-corrected chi connectivity index (χ4v) is 8.54. The van der Waals surface area contributed by atoms with E-state index in [9.17, 15) is 8.42 Å². The number of nitrogens with zero attached hydrogens (tertiary/aromatic N) is 2. The van der Waals surface area contributed by atoms with Crippen LogP contribution in [0.1, 0.15) is 51.3 Å². The van der Waals surface area contributed by atoms with Crippen LogP contribution in [0.15, 0.2) is 145 Å². The minimum absolute atomic E-state index is 0.137. The zero-order chi connectivity index (χ0) is 30.7. The lowest BCUT2D eigenvalue weighted by Crippen LogP contribution is -2.41. The molecule has 5 aromatic carbocycles. The van der Waals surface area contributed by atoms with Gasteiger partial charge in [0.25, 0.3) is 10.0 Å². The quantitative estimate of drug-likeness (QED) is 0.201. The molecule has 0 aromatic heterocycles. The van der Waals surface area contributed by atoms with E-state index in [1.165, 1.54) is 15.4 Å². The van der Waals surface area contributed by atoms with Crippen molar-refractivity contribution in [3.8, 4) is 5.75 Å².